The van der Waals surface area contributed by atoms with Gasteiger partial charge in [0.1, 0.15) is 20.2 Å². The van der Waals surface area contributed by atoms with E-state index in [0.717, 1.165) is 165 Å². The normalized spacial score (nSPS) is 11.7. The number of hydrogen-bond donors (Lipinski definition) is 0. The average Bonchev–Trinajstić information content (AvgIpc) is 3.68. The van der Waals surface area contributed by atoms with E-state index in [0.29, 0.717) is 25.7 Å². The molecule has 0 spiro atoms. The Bertz CT molecular complexity index is 2260. The Kier molecular flexibility index (Phi) is 52.2. The van der Waals surface area contributed by atoms with Gasteiger partial charge in [0.05, 0.1) is 58.5 Å². The van der Waals surface area contributed by atoms with Crippen LogP contribution < -0.4 is 0 Å². The van der Waals surface area contributed by atoms with E-state index in [4.69, 9.17) is 18.9 Å². The molecule has 14 nitrogen and oxygen atoms in total. The van der Waals surface area contributed by atoms with Crippen LogP contribution in [0.4, 0.5) is 0 Å². The fourth-order valence-corrected chi connectivity index (χ4v) is 10.1. The summed E-state index contributed by atoms with van der Waals surface area (Å²) in [6, 6.07) is 6.17. The van der Waals surface area contributed by atoms with Crippen molar-refractivity contribution in [2.24, 2.45) is 0 Å². The van der Waals surface area contributed by atoms with Crippen LogP contribution in [0, 0.1) is 0 Å². The zero-order valence-corrected chi connectivity index (χ0v) is 56.4. The van der Waals surface area contributed by atoms with Gasteiger partial charge >= 0.3 is 61.6 Å². The molecule has 0 aliphatic heterocycles. The molecule has 0 radical (unpaired) electrons. The first-order chi connectivity index (χ1) is 40.6. The second-order valence-electron chi connectivity index (χ2n) is 21.4. The van der Waals surface area contributed by atoms with Gasteiger partial charge in [0.2, 0.25) is 0 Å². The van der Waals surface area contributed by atoms with Crippen LogP contribution in [-0.4, -0.2) is 114 Å². The summed E-state index contributed by atoms with van der Waals surface area (Å²) in [7, 11) is -9.61. The topological polar surface area (TPSA) is 220 Å². The van der Waals surface area contributed by atoms with E-state index >= 15 is 0 Å². The summed E-state index contributed by atoms with van der Waals surface area (Å²) >= 11 is 0. The summed E-state index contributed by atoms with van der Waals surface area (Å²) in [5.74, 6) is -3.14. The molecular weight excluding hydrogens is 1140 g/mol. The van der Waals surface area contributed by atoms with Crippen LogP contribution in [0.2, 0.25) is 0 Å². The first-order valence-corrected chi connectivity index (χ1v) is 34.9. The molecule has 0 N–H and O–H groups in total. The van der Waals surface area contributed by atoms with Gasteiger partial charge in [0, 0.05) is 0 Å². The molecule has 2 rings (SSSR count). The average molecular weight is 1250 g/mol. The Morgan fingerprint density at radius 2 is 0.518 bits per heavy atom. The molecule has 0 heterocycles. The molecule has 2 aromatic rings. The van der Waals surface area contributed by atoms with Crippen LogP contribution in [0.5, 0.6) is 0 Å². The van der Waals surface area contributed by atoms with Crippen molar-refractivity contribution >= 4 is 81.9 Å². The molecule has 0 unspecified atom stereocenters. The maximum Gasteiger partial charge on any atom is 2.00 e. The van der Waals surface area contributed by atoms with Crippen LogP contribution >= 0.6 is 0 Å². The van der Waals surface area contributed by atoms with Crippen molar-refractivity contribution in [1.29, 1.82) is 0 Å². The van der Waals surface area contributed by atoms with Crippen molar-refractivity contribution in [2.45, 2.75) is 269 Å². The van der Waals surface area contributed by atoms with Crippen molar-refractivity contribution < 1.29 is 64.1 Å². The second kappa shape index (κ2) is 54.5. The third-order valence-electron chi connectivity index (χ3n) is 14.0. The van der Waals surface area contributed by atoms with E-state index in [1.807, 2.05) is 0 Å². The minimum absolute atomic E-state index is 0. The molecule has 85 heavy (non-hydrogen) atoms. The van der Waals surface area contributed by atoms with Crippen LogP contribution in [0.25, 0.3) is 0 Å². The molecule has 0 aliphatic rings. The standard InChI is InChI=1S/2C34H54O7S.Ca/c2*1-3-5-7-9-11-13-15-17-19-21-23-27-40-33(35)31-26-25-30(42(37,38)39)29-32(31)34(36)41-28-24-22-20-18-16-14-12-10-8-6-4-2;/h2*5-8,25-26,29H,3-4,9-24,27-28H2,1-2H3,(H,37,38,39);/q;;+2/p-2/b2*7-5+,8-6+;. The number of allylic oxidation sites excluding steroid dienone is 8. The molecule has 0 saturated carbocycles. The van der Waals surface area contributed by atoms with Crippen LogP contribution in [0.15, 0.2) is 94.8 Å². The number of esters is 4. The van der Waals surface area contributed by atoms with Gasteiger partial charge in [0.15, 0.2) is 0 Å². The second-order valence-corrected chi connectivity index (χ2v) is 24.2. The largest absolute Gasteiger partial charge is 2.00 e. The van der Waals surface area contributed by atoms with E-state index in [9.17, 15) is 45.1 Å². The summed E-state index contributed by atoms with van der Waals surface area (Å²) in [5, 5.41) is 0. The summed E-state index contributed by atoms with van der Waals surface area (Å²) < 4.78 is 90.6. The van der Waals surface area contributed by atoms with Gasteiger partial charge in [-0.25, -0.2) is 36.0 Å². The number of ether oxygens (including phenoxy) is 4. The van der Waals surface area contributed by atoms with E-state index < -0.39 is 53.9 Å². The Morgan fingerprint density at radius 3 is 0.729 bits per heavy atom. The minimum Gasteiger partial charge on any atom is -0.744 e. The molecule has 0 saturated heterocycles. The van der Waals surface area contributed by atoms with Gasteiger partial charge < -0.3 is 28.1 Å². The van der Waals surface area contributed by atoms with Crippen molar-refractivity contribution in [2.75, 3.05) is 26.4 Å². The molecule has 0 aliphatic carbocycles. The zero-order chi connectivity index (χ0) is 61.8. The van der Waals surface area contributed by atoms with Crippen molar-refractivity contribution in [3.63, 3.8) is 0 Å². The number of carbonyl (C=O) groups excluding carboxylic acids is 4. The fourth-order valence-electron chi connectivity index (χ4n) is 9.15. The number of carbonyl (C=O) groups is 4. The Balaban J connectivity index is 0.00000164. The van der Waals surface area contributed by atoms with Crippen LogP contribution in [0.1, 0.15) is 300 Å². The Morgan fingerprint density at radius 1 is 0.318 bits per heavy atom. The van der Waals surface area contributed by atoms with Gasteiger partial charge in [-0.2, -0.15) is 0 Å². The number of rotatable bonds is 50. The summed E-state index contributed by atoms with van der Waals surface area (Å²) in [5.41, 5.74) is -0.720. The van der Waals surface area contributed by atoms with Crippen LogP contribution in [-0.2, 0) is 39.2 Å². The number of unbranched alkanes of at least 4 members (excludes halogenated alkanes) is 28. The fraction of sp³-hybridized carbons (Fsp3) is 0.647. The van der Waals surface area contributed by atoms with Crippen molar-refractivity contribution in [1.82, 2.24) is 0 Å². The smallest absolute Gasteiger partial charge is 0.744 e. The quantitative estimate of drug-likeness (QED) is 0.0150. The van der Waals surface area contributed by atoms with E-state index in [-0.39, 0.29) is 86.4 Å². The molecule has 17 heteroatoms. The SMILES string of the molecule is CC/C=C/CCCCCCCCCOC(=O)c1ccc(S(=O)(=O)[O-])cc1C(=O)OCCCCCCCCC/C=C/CC.CC/C=C/CCCCCCCCCOC(=O)c1ccc(S(=O)(=O)[O-])cc1C(=O)OCCCCCCCCC/C=C/CC.[Ca+2]. The van der Waals surface area contributed by atoms with Gasteiger partial charge in [-0.1, -0.05) is 205 Å². The third kappa shape index (κ3) is 43.6. The Hall–Kier alpha value is -3.64. The van der Waals surface area contributed by atoms with Gasteiger partial charge in [-0.05, 0) is 139 Å². The van der Waals surface area contributed by atoms with Gasteiger partial charge in [0.25, 0.3) is 0 Å². The molecular formula is C68H106CaO14S2. The predicted molar refractivity (Wildman–Crippen MR) is 341 cm³/mol. The summed E-state index contributed by atoms with van der Waals surface area (Å²) in [6.45, 7) is 9.24. The zero-order valence-electron chi connectivity index (χ0n) is 52.6. The van der Waals surface area contributed by atoms with E-state index in [2.05, 4.69) is 76.3 Å². The molecule has 0 atom stereocenters. The molecule has 0 aromatic heterocycles. The number of hydrogen-bond acceptors (Lipinski definition) is 14. The monoisotopic (exact) mass is 1250 g/mol. The van der Waals surface area contributed by atoms with E-state index in [1.165, 1.54) is 77.0 Å². The summed E-state index contributed by atoms with van der Waals surface area (Å²) in [4.78, 5) is 49.8. The van der Waals surface area contributed by atoms with Crippen LogP contribution in [0.3, 0.4) is 0 Å². The minimum atomic E-state index is -4.81. The van der Waals surface area contributed by atoms with Crippen molar-refractivity contribution in [3.8, 4) is 0 Å². The molecule has 2 aromatic carbocycles. The third-order valence-corrected chi connectivity index (χ3v) is 15.7. The van der Waals surface area contributed by atoms with Gasteiger partial charge in [-0.3, -0.25) is 0 Å². The maximum atomic E-state index is 12.8. The van der Waals surface area contributed by atoms with Crippen molar-refractivity contribution in [3.05, 3.63) is 107 Å². The van der Waals surface area contributed by atoms with Gasteiger partial charge in [-0.15, -0.1) is 0 Å². The first-order valence-electron chi connectivity index (χ1n) is 32.1. The Labute approximate surface area is 544 Å². The maximum absolute atomic E-state index is 12.8. The first kappa shape index (κ1) is 81.4. The molecule has 0 fully saturated rings. The predicted octanol–water partition coefficient (Wildman–Crippen LogP) is 17.8. The number of benzene rings is 2. The molecule has 0 bridgehead atoms. The van der Waals surface area contributed by atoms with E-state index in [1.54, 1.807) is 0 Å². The summed E-state index contributed by atoms with van der Waals surface area (Å²) in [6.07, 6.45) is 56.2. The molecule has 476 valence electrons. The molecule has 0 amide bonds.